The van der Waals surface area contributed by atoms with Gasteiger partial charge in [-0.05, 0) is 12.1 Å². The van der Waals surface area contributed by atoms with Crippen molar-refractivity contribution in [2.75, 3.05) is 0 Å². The maximum atomic E-state index is 5.96. The highest BCUT2D eigenvalue weighted by atomic mass is 35.5. The van der Waals surface area contributed by atoms with E-state index in [4.69, 9.17) is 21.9 Å². The van der Waals surface area contributed by atoms with Crippen LogP contribution in [0.4, 0.5) is 0 Å². The van der Waals surface area contributed by atoms with E-state index in [0.29, 0.717) is 22.4 Å². The molecule has 3 aromatic rings. The second-order valence-electron chi connectivity index (χ2n) is 3.46. The van der Waals surface area contributed by atoms with Crippen molar-refractivity contribution in [3.63, 3.8) is 0 Å². The molecular weight excluding hydrogens is 242 g/mol. The van der Waals surface area contributed by atoms with E-state index >= 15 is 0 Å². The molecule has 0 amide bonds. The fraction of sp³-hybridized carbons (Fsp3) is 0.100. The molecular formula is C10H8ClN5O. The molecule has 0 radical (unpaired) electrons. The molecule has 2 heterocycles. The number of H-pyrrole nitrogens is 1. The van der Waals surface area contributed by atoms with Gasteiger partial charge in [0, 0.05) is 5.39 Å². The van der Waals surface area contributed by atoms with Crippen molar-refractivity contribution in [2.45, 2.75) is 6.54 Å². The van der Waals surface area contributed by atoms with Gasteiger partial charge in [-0.25, -0.2) is 0 Å². The van der Waals surface area contributed by atoms with E-state index in [1.807, 2.05) is 18.2 Å². The summed E-state index contributed by atoms with van der Waals surface area (Å²) in [6, 6.07) is 5.58. The number of rotatable bonds is 2. The predicted molar refractivity (Wildman–Crippen MR) is 62.3 cm³/mol. The Labute approximate surface area is 101 Å². The van der Waals surface area contributed by atoms with Crippen molar-refractivity contribution >= 4 is 22.5 Å². The van der Waals surface area contributed by atoms with E-state index in [0.717, 1.165) is 10.9 Å². The normalized spacial score (nSPS) is 11.2. The lowest BCUT2D eigenvalue weighted by atomic mass is 10.1. The van der Waals surface area contributed by atoms with Gasteiger partial charge in [0.25, 0.3) is 0 Å². The molecule has 86 valence electrons. The van der Waals surface area contributed by atoms with Crippen molar-refractivity contribution < 1.29 is 4.52 Å². The highest BCUT2D eigenvalue weighted by molar-refractivity contribution is 6.34. The molecule has 0 aliphatic rings. The third-order valence-corrected chi connectivity index (χ3v) is 2.71. The van der Waals surface area contributed by atoms with Crippen LogP contribution >= 0.6 is 11.6 Å². The van der Waals surface area contributed by atoms with Crippen LogP contribution in [0, 0.1) is 0 Å². The third-order valence-electron chi connectivity index (χ3n) is 2.42. The lowest BCUT2D eigenvalue weighted by Crippen LogP contribution is -1.95. The minimum atomic E-state index is 0.213. The molecule has 0 spiro atoms. The molecule has 6 nitrogen and oxygen atoms in total. The molecule has 0 atom stereocenters. The Morgan fingerprint density at radius 3 is 3.06 bits per heavy atom. The van der Waals surface area contributed by atoms with Gasteiger partial charge in [0.2, 0.25) is 11.7 Å². The van der Waals surface area contributed by atoms with Gasteiger partial charge in [0.1, 0.15) is 10.7 Å². The van der Waals surface area contributed by atoms with Crippen molar-refractivity contribution in [1.29, 1.82) is 0 Å². The topological polar surface area (TPSA) is 93.6 Å². The zero-order valence-electron chi connectivity index (χ0n) is 8.64. The SMILES string of the molecule is NCc1nc(-c2cccc3c(Cl)[nH]nc23)no1. The van der Waals surface area contributed by atoms with Gasteiger partial charge in [-0.2, -0.15) is 10.1 Å². The number of hydrogen-bond donors (Lipinski definition) is 2. The molecule has 17 heavy (non-hydrogen) atoms. The first kappa shape index (κ1) is 10.2. The number of para-hydroxylation sites is 1. The van der Waals surface area contributed by atoms with Gasteiger partial charge < -0.3 is 10.3 Å². The smallest absolute Gasteiger partial charge is 0.240 e. The Morgan fingerprint density at radius 2 is 2.29 bits per heavy atom. The Morgan fingerprint density at radius 1 is 1.41 bits per heavy atom. The van der Waals surface area contributed by atoms with Gasteiger partial charge >= 0.3 is 0 Å². The molecule has 3 N–H and O–H groups in total. The minimum absolute atomic E-state index is 0.213. The average Bonchev–Trinajstić information content (AvgIpc) is 2.96. The Kier molecular flexibility index (Phi) is 2.31. The average molecular weight is 250 g/mol. The second kappa shape index (κ2) is 3.83. The van der Waals surface area contributed by atoms with Crippen molar-refractivity contribution in [3.05, 3.63) is 29.2 Å². The summed E-state index contributed by atoms with van der Waals surface area (Å²) in [7, 11) is 0. The van der Waals surface area contributed by atoms with Gasteiger partial charge in [0.15, 0.2) is 0 Å². The van der Waals surface area contributed by atoms with E-state index in [1.165, 1.54) is 0 Å². The number of benzene rings is 1. The van der Waals surface area contributed by atoms with E-state index in [2.05, 4.69) is 20.3 Å². The fourth-order valence-electron chi connectivity index (χ4n) is 1.63. The summed E-state index contributed by atoms with van der Waals surface area (Å²) < 4.78 is 4.97. The lowest BCUT2D eigenvalue weighted by Gasteiger charge is -1.94. The summed E-state index contributed by atoms with van der Waals surface area (Å²) in [6.07, 6.45) is 0. The van der Waals surface area contributed by atoms with Crippen LogP contribution in [0.25, 0.3) is 22.3 Å². The molecule has 0 aliphatic carbocycles. The Bertz CT molecular complexity index is 674. The number of nitrogens with zero attached hydrogens (tertiary/aromatic N) is 3. The molecule has 0 saturated heterocycles. The third kappa shape index (κ3) is 1.58. The molecule has 0 bridgehead atoms. The summed E-state index contributed by atoms with van der Waals surface area (Å²) in [5, 5.41) is 12.0. The number of fused-ring (bicyclic) bond motifs is 1. The number of hydrogen-bond acceptors (Lipinski definition) is 5. The number of aromatic amines is 1. The second-order valence-corrected chi connectivity index (χ2v) is 3.83. The predicted octanol–water partition coefficient (Wildman–Crippen LogP) is 1.73. The van der Waals surface area contributed by atoms with Crippen LogP contribution in [-0.4, -0.2) is 20.3 Å². The number of nitrogens with two attached hydrogens (primary N) is 1. The first-order chi connectivity index (χ1) is 8.29. The van der Waals surface area contributed by atoms with Crippen LogP contribution in [0.3, 0.4) is 0 Å². The van der Waals surface area contributed by atoms with Crippen molar-refractivity contribution in [1.82, 2.24) is 20.3 Å². The van der Waals surface area contributed by atoms with Crippen LogP contribution in [0.2, 0.25) is 5.15 Å². The van der Waals surface area contributed by atoms with Crippen molar-refractivity contribution in [3.8, 4) is 11.4 Å². The fourth-order valence-corrected chi connectivity index (χ4v) is 1.83. The zero-order valence-corrected chi connectivity index (χ0v) is 9.40. The summed E-state index contributed by atoms with van der Waals surface area (Å²) in [5.74, 6) is 0.845. The zero-order chi connectivity index (χ0) is 11.8. The van der Waals surface area contributed by atoms with Crippen LogP contribution in [0.1, 0.15) is 5.89 Å². The van der Waals surface area contributed by atoms with E-state index in [-0.39, 0.29) is 6.54 Å². The van der Waals surface area contributed by atoms with Crippen LogP contribution in [0.15, 0.2) is 22.7 Å². The number of halogens is 1. The van der Waals surface area contributed by atoms with E-state index < -0.39 is 0 Å². The van der Waals surface area contributed by atoms with Gasteiger partial charge in [-0.15, -0.1) is 0 Å². The first-order valence-electron chi connectivity index (χ1n) is 4.95. The van der Waals surface area contributed by atoms with Crippen molar-refractivity contribution in [2.24, 2.45) is 5.73 Å². The van der Waals surface area contributed by atoms with E-state index in [1.54, 1.807) is 0 Å². The summed E-state index contributed by atoms with van der Waals surface area (Å²) in [6.45, 7) is 0.213. The van der Waals surface area contributed by atoms with Crippen LogP contribution in [0.5, 0.6) is 0 Å². The minimum Gasteiger partial charge on any atom is -0.338 e. The monoisotopic (exact) mass is 249 g/mol. The molecule has 1 aromatic carbocycles. The lowest BCUT2D eigenvalue weighted by molar-refractivity contribution is 0.380. The quantitative estimate of drug-likeness (QED) is 0.721. The Balaban J connectivity index is 2.23. The van der Waals surface area contributed by atoms with Gasteiger partial charge in [0.05, 0.1) is 12.1 Å². The highest BCUT2D eigenvalue weighted by Gasteiger charge is 2.13. The molecule has 3 rings (SSSR count). The molecule has 0 saturated carbocycles. The van der Waals surface area contributed by atoms with Gasteiger partial charge in [-0.1, -0.05) is 22.8 Å². The molecule has 0 unspecified atom stereocenters. The summed E-state index contributed by atoms with van der Waals surface area (Å²) in [5.41, 5.74) is 6.89. The molecule has 7 heteroatoms. The standard InChI is InChI=1S/C10H8ClN5O/c11-9-5-2-1-3-6(8(5)14-15-9)10-13-7(4-12)17-16-10/h1-3H,4,12H2,(H,14,15). The maximum Gasteiger partial charge on any atom is 0.240 e. The van der Waals surface area contributed by atoms with Crippen LogP contribution in [-0.2, 0) is 6.54 Å². The van der Waals surface area contributed by atoms with Gasteiger partial charge in [-0.3, -0.25) is 5.10 Å². The molecule has 0 aliphatic heterocycles. The van der Waals surface area contributed by atoms with Crippen LogP contribution < -0.4 is 5.73 Å². The summed E-state index contributed by atoms with van der Waals surface area (Å²) in [4.78, 5) is 4.16. The molecule has 0 fully saturated rings. The largest absolute Gasteiger partial charge is 0.338 e. The maximum absolute atomic E-state index is 5.96. The molecule has 2 aromatic heterocycles. The number of nitrogens with one attached hydrogen (secondary N) is 1. The highest BCUT2D eigenvalue weighted by Crippen LogP contribution is 2.28. The Hall–Kier alpha value is -1.92. The first-order valence-corrected chi connectivity index (χ1v) is 5.33. The van der Waals surface area contributed by atoms with E-state index in [9.17, 15) is 0 Å². The summed E-state index contributed by atoms with van der Waals surface area (Å²) >= 11 is 5.96. The number of aromatic nitrogens is 4.